The summed E-state index contributed by atoms with van der Waals surface area (Å²) in [6.07, 6.45) is -1.30. The fourth-order valence-corrected chi connectivity index (χ4v) is 3.59. The van der Waals surface area contributed by atoms with E-state index in [4.69, 9.17) is 9.84 Å². The molecule has 1 aromatic carbocycles. The molecule has 11 heteroatoms. The quantitative estimate of drug-likeness (QED) is 0.798. The van der Waals surface area contributed by atoms with Gasteiger partial charge in [0.25, 0.3) is 0 Å². The molecule has 2 N–H and O–H groups in total. The molecular formula is C15H16FN3O6S. The van der Waals surface area contributed by atoms with Gasteiger partial charge in [-0.05, 0) is 18.2 Å². The Bertz CT molecular complexity index is 872. The van der Waals surface area contributed by atoms with Gasteiger partial charge in [-0.3, -0.25) is 4.90 Å². The number of halogens is 1. The van der Waals surface area contributed by atoms with Crippen LogP contribution >= 0.6 is 0 Å². The van der Waals surface area contributed by atoms with Gasteiger partial charge in [-0.1, -0.05) is 0 Å². The van der Waals surface area contributed by atoms with E-state index in [2.05, 4.69) is 5.32 Å². The molecule has 26 heavy (non-hydrogen) atoms. The topological polar surface area (TPSA) is 116 Å². The third-order valence-corrected chi connectivity index (χ3v) is 5.26. The molecule has 1 saturated heterocycles. The predicted octanol–water partition coefficient (Wildman–Crippen LogP) is 1.12. The van der Waals surface area contributed by atoms with Gasteiger partial charge in [0.15, 0.2) is 9.84 Å². The third-order valence-electron chi connectivity index (χ3n) is 3.97. The normalized spacial score (nSPS) is 21.6. The second kappa shape index (κ2) is 6.83. The molecule has 3 rings (SSSR count). The van der Waals surface area contributed by atoms with Crippen LogP contribution in [-0.4, -0.2) is 57.2 Å². The van der Waals surface area contributed by atoms with Crippen LogP contribution in [0.5, 0.6) is 0 Å². The van der Waals surface area contributed by atoms with E-state index in [1.54, 1.807) is 0 Å². The summed E-state index contributed by atoms with van der Waals surface area (Å²) in [5.41, 5.74) is 0.458. The van der Waals surface area contributed by atoms with Gasteiger partial charge in [-0.15, -0.1) is 0 Å². The fraction of sp³-hybridized carbons (Fsp3) is 0.333. The number of amides is 2. The van der Waals surface area contributed by atoms with Crippen molar-refractivity contribution in [1.82, 2.24) is 5.32 Å². The number of anilines is 2. The number of nitrogens with zero attached hydrogens (tertiary/aromatic N) is 2. The molecule has 0 spiro atoms. The van der Waals surface area contributed by atoms with Crippen molar-refractivity contribution >= 4 is 33.4 Å². The van der Waals surface area contributed by atoms with Crippen molar-refractivity contribution in [3.8, 4) is 0 Å². The minimum Gasteiger partial charge on any atom is -0.465 e. The van der Waals surface area contributed by atoms with Crippen LogP contribution in [0.25, 0.3) is 0 Å². The zero-order valence-corrected chi connectivity index (χ0v) is 14.3. The molecule has 0 saturated carbocycles. The molecule has 0 radical (unpaired) electrons. The highest BCUT2D eigenvalue weighted by atomic mass is 32.2. The average molecular weight is 385 g/mol. The summed E-state index contributed by atoms with van der Waals surface area (Å²) >= 11 is 0. The number of ether oxygens (including phenoxy) is 1. The molecular weight excluding hydrogens is 369 g/mol. The second-order valence-electron chi connectivity index (χ2n) is 5.78. The summed E-state index contributed by atoms with van der Waals surface area (Å²) in [4.78, 5) is 25.1. The lowest BCUT2D eigenvalue weighted by atomic mass is 10.2. The summed E-state index contributed by atoms with van der Waals surface area (Å²) in [7, 11) is -3.24. The molecule has 2 heterocycles. The molecule has 9 nitrogen and oxygen atoms in total. The van der Waals surface area contributed by atoms with Gasteiger partial charge in [-0.2, -0.15) is 0 Å². The molecule has 0 aliphatic carbocycles. The van der Waals surface area contributed by atoms with E-state index in [0.717, 1.165) is 11.5 Å². The van der Waals surface area contributed by atoms with Crippen molar-refractivity contribution < 1.29 is 32.2 Å². The lowest BCUT2D eigenvalue weighted by molar-refractivity contribution is 0.136. The highest BCUT2D eigenvalue weighted by molar-refractivity contribution is 7.94. The van der Waals surface area contributed by atoms with Crippen LogP contribution in [0.4, 0.5) is 25.4 Å². The molecule has 2 aliphatic rings. The van der Waals surface area contributed by atoms with Crippen LogP contribution in [-0.2, 0) is 14.6 Å². The van der Waals surface area contributed by atoms with Gasteiger partial charge >= 0.3 is 12.2 Å². The first-order chi connectivity index (χ1) is 12.2. The van der Waals surface area contributed by atoms with Gasteiger partial charge in [0.2, 0.25) is 0 Å². The Morgan fingerprint density at radius 3 is 2.81 bits per heavy atom. The Morgan fingerprint density at radius 2 is 2.19 bits per heavy atom. The summed E-state index contributed by atoms with van der Waals surface area (Å²) in [6.45, 7) is 0.148. The highest BCUT2D eigenvalue weighted by Crippen LogP contribution is 2.29. The van der Waals surface area contributed by atoms with Crippen molar-refractivity contribution in [1.29, 1.82) is 0 Å². The maximum atomic E-state index is 14.5. The van der Waals surface area contributed by atoms with Crippen molar-refractivity contribution in [2.75, 3.05) is 35.2 Å². The zero-order chi connectivity index (χ0) is 18.9. The van der Waals surface area contributed by atoms with E-state index in [9.17, 15) is 22.4 Å². The van der Waals surface area contributed by atoms with Crippen LogP contribution in [0.3, 0.4) is 0 Å². The number of cyclic esters (lactones) is 1. The standard InChI is InChI=1S/C15H16FN3O6S/c16-12-7-10(19-9-11(25-15(19)22)8-17-14(20)21)1-2-13(12)18-3-5-26(23,24)6-4-18/h1-3,5,7,11,17H,4,6,8-9H2,(H,20,21)/t11-/m0/s1. The Kier molecular flexibility index (Phi) is 4.72. The van der Waals surface area contributed by atoms with Crippen LogP contribution in [0.15, 0.2) is 29.8 Å². The Labute approximate surface area is 148 Å². The first-order valence-corrected chi connectivity index (χ1v) is 9.39. The minimum absolute atomic E-state index is 0.0643. The zero-order valence-electron chi connectivity index (χ0n) is 13.5. The molecule has 0 aromatic heterocycles. The van der Waals surface area contributed by atoms with Crippen molar-refractivity contribution in [3.63, 3.8) is 0 Å². The Morgan fingerprint density at radius 1 is 1.42 bits per heavy atom. The average Bonchev–Trinajstić information content (AvgIpc) is 2.94. The number of hydrogen-bond donors (Lipinski definition) is 2. The highest BCUT2D eigenvalue weighted by Gasteiger charge is 2.33. The maximum absolute atomic E-state index is 14.5. The number of carboxylic acid groups (broad SMARTS) is 1. The summed E-state index contributed by atoms with van der Waals surface area (Å²) in [5, 5.41) is 11.7. The minimum atomic E-state index is -3.24. The monoisotopic (exact) mass is 385 g/mol. The van der Waals surface area contributed by atoms with Gasteiger partial charge in [0, 0.05) is 18.2 Å². The van der Waals surface area contributed by atoms with Crippen molar-refractivity contribution in [3.05, 3.63) is 35.6 Å². The van der Waals surface area contributed by atoms with Gasteiger partial charge < -0.3 is 20.1 Å². The second-order valence-corrected chi connectivity index (χ2v) is 7.79. The van der Waals surface area contributed by atoms with E-state index < -0.39 is 33.9 Å². The number of hydrogen-bond acceptors (Lipinski definition) is 6. The lowest BCUT2D eigenvalue weighted by Crippen LogP contribution is -2.33. The Balaban J connectivity index is 1.74. The summed E-state index contributed by atoms with van der Waals surface area (Å²) in [5.74, 6) is -0.729. The number of sulfone groups is 1. The van der Waals surface area contributed by atoms with Gasteiger partial charge in [-0.25, -0.2) is 22.4 Å². The van der Waals surface area contributed by atoms with Crippen LogP contribution < -0.4 is 15.1 Å². The molecule has 0 bridgehead atoms. The fourth-order valence-electron chi connectivity index (χ4n) is 2.67. The van der Waals surface area contributed by atoms with Gasteiger partial charge in [0.1, 0.15) is 11.9 Å². The molecule has 2 aliphatic heterocycles. The first-order valence-electron chi connectivity index (χ1n) is 7.67. The van der Waals surface area contributed by atoms with E-state index in [1.165, 1.54) is 28.1 Å². The first kappa shape index (κ1) is 18.0. The summed E-state index contributed by atoms with van der Waals surface area (Å²) < 4.78 is 42.3. The SMILES string of the molecule is O=C(O)NC[C@H]1CN(c2ccc(N3C=CS(=O)(=O)CC3)c(F)c2)C(=O)O1. The number of benzene rings is 1. The molecule has 2 amide bonds. The van der Waals surface area contributed by atoms with E-state index >= 15 is 0 Å². The van der Waals surface area contributed by atoms with E-state index in [0.29, 0.717) is 0 Å². The van der Waals surface area contributed by atoms with E-state index in [1.807, 2.05) is 0 Å². The number of carbonyl (C=O) groups excluding carboxylic acids is 1. The smallest absolute Gasteiger partial charge is 0.414 e. The molecule has 0 unspecified atom stereocenters. The van der Waals surface area contributed by atoms with Crippen LogP contribution in [0.2, 0.25) is 0 Å². The van der Waals surface area contributed by atoms with Crippen molar-refractivity contribution in [2.45, 2.75) is 6.10 Å². The van der Waals surface area contributed by atoms with Gasteiger partial charge in [0.05, 0.1) is 30.2 Å². The number of carbonyl (C=O) groups is 2. The largest absolute Gasteiger partial charge is 0.465 e. The Hall–Kier alpha value is -2.82. The predicted molar refractivity (Wildman–Crippen MR) is 90.3 cm³/mol. The van der Waals surface area contributed by atoms with Crippen LogP contribution in [0, 0.1) is 5.82 Å². The molecule has 1 aromatic rings. The van der Waals surface area contributed by atoms with E-state index in [-0.39, 0.29) is 36.8 Å². The number of nitrogens with one attached hydrogen (secondary N) is 1. The van der Waals surface area contributed by atoms with Crippen LogP contribution in [0.1, 0.15) is 0 Å². The summed E-state index contributed by atoms with van der Waals surface area (Å²) in [6, 6.07) is 4.12. The van der Waals surface area contributed by atoms with Crippen molar-refractivity contribution in [2.24, 2.45) is 0 Å². The number of rotatable bonds is 4. The molecule has 140 valence electrons. The molecule has 1 fully saturated rings. The maximum Gasteiger partial charge on any atom is 0.414 e. The molecule has 1 atom stereocenters. The third kappa shape index (κ3) is 3.87. The lowest BCUT2D eigenvalue weighted by Gasteiger charge is -2.24.